The Morgan fingerprint density at radius 1 is 1.06 bits per heavy atom. The van der Waals surface area contributed by atoms with E-state index in [9.17, 15) is 19.5 Å². The molecule has 0 spiro atoms. The lowest BCUT2D eigenvalue weighted by molar-refractivity contribution is 0.0709. The summed E-state index contributed by atoms with van der Waals surface area (Å²) in [4.78, 5) is 40.4. The zero-order valence-corrected chi connectivity index (χ0v) is 20.4. The molecule has 0 radical (unpaired) electrons. The van der Waals surface area contributed by atoms with E-state index in [0.29, 0.717) is 29.4 Å². The number of nitrogens with one attached hydrogen (secondary N) is 1. The molecule has 0 bridgehead atoms. The summed E-state index contributed by atoms with van der Waals surface area (Å²) >= 11 is 0. The highest BCUT2D eigenvalue weighted by Crippen LogP contribution is 2.35. The Labute approximate surface area is 208 Å². The van der Waals surface area contributed by atoms with E-state index < -0.39 is 17.6 Å². The molecule has 4 aromatic rings. The molecule has 8 nitrogen and oxygen atoms in total. The van der Waals surface area contributed by atoms with Crippen molar-refractivity contribution in [2.24, 2.45) is 7.05 Å². The number of carbonyl (C=O) groups is 2. The zero-order chi connectivity index (χ0) is 25.4. The molecule has 5 rings (SSSR count). The van der Waals surface area contributed by atoms with Crippen LogP contribution in [0, 0.1) is 0 Å². The lowest BCUT2D eigenvalue weighted by Crippen LogP contribution is -2.45. The number of Topliss-reactive ketones (excluding diaryl/α,β-unsaturated/α-hetero) is 1. The fourth-order valence-electron chi connectivity index (χ4n) is 5.31. The summed E-state index contributed by atoms with van der Waals surface area (Å²) in [5.41, 5.74) is 1.47. The number of amides is 1. The largest absolute Gasteiger partial charge is 0.493 e. The molecule has 1 aliphatic rings. The second kappa shape index (κ2) is 9.62. The van der Waals surface area contributed by atoms with E-state index in [0.717, 1.165) is 18.2 Å². The summed E-state index contributed by atoms with van der Waals surface area (Å²) in [6.07, 6.45) is 2.58. The standard InChI is InChI=1S/C28H29N3O5/c1-30-24-18-12-6-8-14-20(18)31(16-22(33)17-10-4-3-5-11-17)28(35)23(24)26(36-2)25(30)27(34)29-19-13-7-9-15-21(19)32/h3-6,8,10-12,14,19,21,32H,7,9,13,15-16H2,1-2H3,(H,29,34)/t19-,21-/m0/s1. The van der Waals surface area contributed by atoms with Crippen LogP contribution in [0.4, 0.5) is 0 Å². The summed E-state index contributed by atoms with van der Waals surface area (Å²) in [5, 5.41) is 14.3. The van der Waals surface area contributed by atoms with Crippen molar-refractivity contribution in [2.45, 2.75) is 44.4 Å². The van der Waals surface area contributed by atoms with Gasteiger partial charge in [0, 0.05) is 18.0 Å². The molecule has 0 aliphatic heterocycles. The van der Waals surface area contributed by atoms with Gasteiger partial charge in [0.1, 0.15) is 5.39 Å². The molecule has 1 saturated carbocycles. The number of pyridine rings is 1. The minimum absolute atomic E-state index is 0.146. The molecule has 2 N–H and O–H groups in total. The number of hydrogen-bond donors (Lipinski definition) is 2. The molecule has 2 heterocycles. The van der Waals surface area contributed by atoms with Gasteiger partial charge in [-0.05, 0) is 18.9 Å². The van der Waals surface area contributed by atoms with Gasteiger partial charge in [0.2, 0.25) is 0 Å². The Morgan fingerprint density at radius 3 is 2.47 bits per heavy atom. The van der Waals surface area contributed by atoms with Gasteiger partial charge < -0.3 is 19.7 Å². The maximum atomic E-state index is 13.9. The maximum absolute atomic E-state index is 13.9. The zero-order valence-electron chi connectivity index (χ0n) is 20.4. The van der Waals surface area contributed by atoms with Gasteiger partial charge in [0.05, 0.1) is 36.8 Å². The summed E-state index contributed by atoms with van der Waals surface area (Å²) < 4.78 is 8.77. The molecule has 1 amide bonds. The Balaban J connectivity index is 1.68. The average molecular weight is 488 g/mol. The number of carbonyl (C=O) groups excluding carboxylic acids is 2. The molecule has 36 heavy (non-hydrogen) atoms. The Morgan fingerprint density at radius 2 is 1.75 bits per heavy atom. The summed E-state index contributed by atoms with van der Waals surface area (Å²) in [7, 11) is 3.15. The van der Waals surface area contributed by atoms with E-state index in [1.54, 1.807) is 41.9 Å². The van der Waals surface area contributed by atoms with Crippen LogP contribution in [0.15, 0.2) is 59.4 Å². The molecule has 1 aliphatic carbocycles. The number of fused-ring (bicyclic) bond motifs is 3. The van der Waals surface area contributed by atoms with Crippen LogP contribution in [-0.2, 0) is 13.6 Å². The van der Waals surface area contributed by atoms with E-state index in [4.69, 9.17) is 4.74 Å². The quantitative estimate of drug-likeness (QED) is 0.406. The average Bonchev–Trinajstić information content (AvgIpc) is 3.20. The first-order valence-electron chi connectivity index (χ1n) is 12.2. The number of aliphatic hydroxyl groups excluding tert-OH is 1. The predicted molar refractivity (Wildman–Crippen MR) is 138 cm³/mol. The number of aromatic nitrogens is 2. The van der Waals surface area contributed by atoms with Crippen molar-refractivity contribution < 1.29 is 19.4 Å². The van der Waals surface area contributed by atoms with E-state index in [2.05, 4.69) is 5.32 Å². The van der Waals surface area contributed by atoms with Crippen molar-refractivity contribution in [3.05, 3.63) is 76.2 Å². The number of aliphatic hydroxyl groups is 1. The number of rotatable bonds is 6. The van der Waals surface area contributed by atoms with Gasteiger partial charge >= 0.3 is 0 Å². The van der Waals surface area contributed by atoms with E-state index in [1.165, 1.54) is 11.7 Å². The Hall–Kier alpha value is -3.91. The van der Waals surface area contributed by atoms with Crippen molar-refractivity contribution in [3.63, 3.8) is 0 Å². The number of ketones is 1. The van der Waals surface area contributed by atoms with Gasteiger partial charge in [-0.1, -0.05) is 61.4 Å². The second-order valence-electron chi connectivity index (χ2n) is 9.29. The van der Waals surface area contributed by atoms with Crippen LogP contribution in [0.25, 0.3) is 21.8 Å². The number of ether oxygens (including phenoxy) is 1. The van der Waals surface area contributed by atoms with Crippen LogP contribution < -0.4 is 15.6 Å². The summed E-state index contributed by atoms with van der Waals surface area (Å²) in [6, 6.07) is 15.8. The summed E-state index contributed by atoms with van der Waals surface area (Å²) in [5.74, 6) is -0.444. The van der Waals surface area contributed by atoms with Crippen LogP contribution in [0.5, 0.6) is 5.75 Å². The molecule has 1 fully saturated rings. The van der Waals surface area contributed by atoms with Crippen molar-refractivity contribution in [3.8, 4) is 5.75 Å². The second-order valence-corrected chi connectivity index (χ2v) is 9.29. The van der Waals surface area contributed by atoms with Gasteiger partial charge in [-0.2, -0.15) is 0 Å². The fourth-order valence-corrected chi connectivity index (χ4v) is 5.31. The number of nitrogens with zero attached hydrogens (tertiary/aromatic N) is 2. The van der Waals surface area contributed by atoms with E-state index in [1.807, 2.05) is 24.3 Å². The van der Waals surface area contributed by atoms with Crippen LogP contribution in [0.2, 0.25) is 0 Å². The molecule has 8 heteroatoms. The third-order valence-corrected chi connectivity index (χ3v) is 7.12. The highest BCUT2D eigenvalue weighted by atomic mass is 16.5. The van der Waals surface area contributed by atoms with Gasteiger partial charge in [-0.3, -0.25) is 19.0 Å². The maximum Gasteiger partial charge on any atom is 0.272 e. The SMILES string of the molecule is COc1c(C(=O)N[C@H]2CCCC[C@@H]2O)n(C)c2c1c(=O)n(CC(=O)c1ccccc1)c1ccccc21. The molecular weight excluding hydrogens is 458 g/mol. The van der Waals surface area contributed by atoms with Crippen LogP contribution in [-0.4, -0.2) is 45.2 Å². The van der Waals surface area contributed by atoms with Crippen molar-refractivity contribution >= 4 is 33.5 Å². The van der Waals surface area contributed by atoms with Crippen LogP contribution >= 0.6 is 0 Å². The number of methoxy groups -OCH3 is 1. The molecule has 0 saturated heterocycles. The lowest BCUT2D eigenvalue weighted by atomic mass is 9.92. The number of benzene rings is 2. The molecule has 0 unspecified atom stereocenters. The smallest absolute Gasteiger partial charge is 0.272 e. The highest BCUT2D eigenvalue weighted by Gasteiger charge is 2.31. The van der Waals surface area contributed by atoms with Gasteiger partial charge in [0.15, 0.2) is 17.2 Å². The molecule has 2 atom stereocenters. The van der Waals surface area contributed by atoms with Gasteiger partial charge in [-0.25, -0.2) is 0 Å². The first kappa shape index (κ1) is 23.8. The third kappa shape index (κ3) is 3.97. The van der Waals surface area contributed by atoms with Gasteiger partial charge in [-0.15, -0.1) is 0 Å². The number of aryl methyl sites for hydroxylation is 1. The van der Waals surface area contributed by atoms with Crippen molar-refractivity contribution in [1.82, 2.24) is 14.5 Å². The normalized spacial score (nSPS) is 17.9. The number of hydrogen-bond acceptors (Lipinski definition) is 5. The predicted octanol–water partition coefficient (Wildman–Crippen LogP) is 3.42. The summed E-state index contributed by atoms with van der Waals surface area (Å²) in [6.45, 7) is -0.146. The Kier molecular flexibility index (Phi) is 6.36. The lowest BCUT2D eigenvalue weighted by Gasteiger charge is -2.28. The minimum Gasteiger partial charge on any atom is -0.493 e. The third-order valence-electron chi connectivity index (χ3n) is 7.12. The fraction of sp³-hybridized carbons (Fsp3) is 0.321. The molecule has 2 aromatic heterocycles. The minimum atomic E-state index is -0.606. The topological polar surface area (TPSA) is 103 Å². The first-order chi connectivity index (χ1) is 17.4. The molecule has 2 aromatic carbocycles. The molecular formula is C28H29N3O5. The van der Waals surface area contributed by atoms with E-state index in [-0.39, 0.29) is 35.2 Å². The van der Waals surface area contributed by atoms with Crippen LogP contribution in [0.1, 0.15) is 46.5 Å². The van der Waals surface area contributed by atoms with Gasteiger partial charge in [0.25, 0.3) is 11.5 Å². The number of para-hydroxylation sites is 1. The van der Waals surface area contributed by atoms with Crippen molar-refractivity contribution in [1.29, 1.82) is 0 Å². The molecule has 186 valence electrons. The highest BCUT2D eigenvalue weighted by molar-refractivity contribution is 6.12. The monoisotopic (exact) mass is 487 g/mol. The Bertz CT molecular complexity index is 1520. The first-order valence-corrected chi connectivity index (χ1v) is 12.2. The van der Waals surface area contributed by atoms with Crippen LogP contribution in [0.3, 0.4) is 0 Å². The van der Waals surface area contributed by atoms with Crippen molar-refractivity contribution in [2.75, 3.05) is 7.11 Å². The van der Waals surface area contributed by atoms with E-state index >= 15 is 0 Å².